The number of fused-ring (bicyclic) bond motifs is 1. The molecule has 0 aliphatic carbocycles. The first-order valence-electron chi connectivity index (χ1n) is 12.4. The van der Waals surface area contributed by atoms with Crippen LogP contribution in [-0.4, -0.2) is 60.5 Å². The molecule has 1 aliphatic rings. The van der Waals surface area contributed by atoms with Crippen molar-refractivity contribution in [3.63, 3.8) is 0 Å². The van der Waals surface area contributed by atoms with Crippen LogP contribution in [0.1, 0.15) is 48.7 Å². The monoisotopic (exact) mass is 510 g/mol. The van der Waals surface area contributed by atoms with Gasteiger partial charge < -0.3 is 31.1 Å². The van der Waals surface area contributed by atoms with Crippen LogP contribution in [-0.2, 0) is 14.4 Å². The van der Waals surface area contributed by atoms with Crippen molar-refractivity contribution < 1.29 is 29.0 Å². The second-order valence-electron chi connectivity index (χ2n) is 8.97. The lowest BCUT2D eigenvalue weighted by molar-refractivity contribution is -0.132. The molecule has 0 unspecified atom stereocenters. The van der Waals surface area contributed by atoms with Crippen LogP contribution in [0.3, 0.4) is 0 Å². The first-order valence-corrected chi connectivity index (χ1v) is 12.4. The summed E-state index contributed by atoms with van der Waals surface area (Å²) in [6, 6.07) is 13.3. The first kappa shape index (κ1) is 27.7. The lowest BCUT2D eigenvalue weighted by Gasteiger charge is -2.26. The molecule has 0 saturated carbocycles. The highest BCUT2D eigenvalue weighted by Crippen LogP contribution is 2.19. The Hall–Kier alpha value is -3.92. The maximum absolute atomic E-state index is 13.1. The summed E-state index contributed by atoms with van der Waals surface area (Å²) in [4.78, 5) is 51.9. The number of nitrogens with one attached hydrogen (secondary N) is 4. The molecule has 1 heterocycles. The lowest BCUT2D eigenvalue weighted by atomic mass is 9.97. The van der Waals surface area contributed by atoms with Crippen molar-refractivity contribution in [1.82, 2.24) is 21.3 Å². The van der Waals surface area contributed by atoms with Crippen LogP contribution in [0.4, 0.5) is 0 Å². The standard InChI is InChI=1S/C27H34N4O6/c1-3-17(2)24-27(36)28-13-14-37-22-12-8-7-11-19(22)25(34)30-20(15-23(33)31-24)26(35)29-16-21(32)18-9-5-4-6-10-18/h4-12,17,20-21,24,32H,3,13-16H2,1-2H3,(H,28,36)(H,29,35)(H,30,34)(H,31,33)/t17-,20-,21+,24-/m0/s1. The first-order chi connectivity index (χ1) is 17.8. The highest BCUT2D eigenvalue weighted by Gasteiger charge is 2.30. The van der Waals surface area contributed by atoms with E-state index in [2.05, 4.69) is 21.3 Å². The maximum atomic E-state index is 13.1. The van der Waals surface area contributed by atoms with Crippen molar-refractivity contribution in [2.75, 3.05) is 19.7 Å². The molecular formula is C27H34N4O6. The van der Waals surface area contributed by atoms with Crippen molar-refractivity contribution in [1.29, 1.82) is 0 Å². The van der Waals surface area contributed by atoms with E-state index in [0.717, 1.165) is 0 Å². The van der Waals surface area contributed by atoms with E-state index in [-0.39, 0.29) is 42.8 Å². The Morgan fingerprint density at radius 1 is 1.08 bits per heavy atom. The number of rotatable bonds is 6. The quantitative estimate of drug-likeness (QED) is 0.393. The molecule has 5 N–H and O–H groups in total. The molecule has 0 bridgehead atoms. The SMILES string of the molecule is CC[C@H](C)[C@@H]1NC(=O)C[C@@H](C(=O)NC[C@@H](O)c2ccccc2)NC(=O)c2ccccc2OCCNC1=O. The summed E-state index contributed by atoms with van der Waals surface area (Å²) in [6.45, 7) is 3.93. The molecule has 0 fully saturated rings. The van der Waals surface area contributed by atoms with Crippen LogP contribution < -0.4 is 26.0 Å². The highest BCUT2D eigenvalue weighted by atomic mass is 16.5. The van der Waals surface area contributed by atoms with Crippen molar-refractivity contribution >= 4 is 23.6 Å². The molecule has 2 aromatic carbocycles. The predicted molar refractivity (Wildman–Crippen MR) is 137 cm³/mol. The molecule has 0 spiro atoms. The third-order valence-corrected chi connectivity index (χ3v) is 6.27. The average molecular weight is 511 g/mol. The van der Waals surface area contributed by atoms with E-state index in [0.29, 0.717) is 12.0 Å². The Bertz CT molecular complexity index is 1090. The minimum absolute atomic E-state index is 0.110. The van der Waals surface area contributed by atoms with Crippen LogP contribution in [0.5, 0.6) is 5.75 Å². The molecule has 3 rings (SSSR count). The normalized spacial score (nSPS) is 20.6. The van der Waals surface area contributed by atoms with E-state index in [1.807, 2.05) is 19.9 Å². The summed E-state index contributed by atoms with van der Waals surface area (Å²) in [5.74, 6) is -2.03. The van der Waals surface area contributed by atoms with Crippen LogP contribution >= 0.6 is 0 Å². The number of carbonyl (C=O) groups excluding carboxylic acids is 4. The molecule has 2 aromatic rings. The smallest absolute Gasteiger partial charge is 0.255 e. The summed E-state index contributed by atoms with van der Waals surface area (Å²) >= 11 is 0. The van der Waals surface area contributed by atoms with E-state index in [9.17, 15) is 24.3 Å². The van der Waals surface area contributed by atoms with Crippen LogP contribution in [0.15, 0.2) is 54.6 Å². The van der Waals surface area contributed by atoms with E-state index in [1.54, 1.807) is 48.5 Å². The molecule has 0 radical (unpaired) electrons. The Morgan fingerprint density at radius 3 is 2.51 bits per heavy atom. The fraction of sp³-hybridized carbons (Fsp3) is 0.407. The van der Waals surface area contributed by atoms with E-state index in [4.69, 9.17) is 4.74 Å². The van der Waals surface area contributed by atoms with Crippen LogP contribution in [0.25, 0.3) is 0 Å². The van der Waals surface area contributed by atoms with Crippen molar-refractivity contribution in [3.8, 4) is 5.75 Å². The number of para-hydroxylation sites is 1. The number of aliphatic hydroxyl groups excluding tert-OH is 1. The molecule has 4 amide bonds. The number of hydrogen-bond acceptors (Lipinski definition) is 6. The number of carbonyl (C=O) groups is 4. The molecule has 10 heteroatoms. The highest BCUT2D eigenvalue weighted by molar-refractivity contribution is 6.01. The van der Waals surface area contributed by atoms with Gasteiger partial charge >= 0.3 is 0 Å². The molecule has 1 aliphatic heterocycles. The lowest BCUT2D eigenvalue weighted by Crippen LogP contribution is -2.54. The number of hydrogen-bond donors (Lipinski definition) is 5. The Balaban J connectivity index is 1.83. The Kier molecular flexibility index (Phi) is 10.0. The summed E-state index contributed by atoms with van der Waals surface area (Å²) in [5.41, 5.74) is 0.801. The van der Waals surface area contributed by atoms with E-state index >= 15 is 0 Å². The van der Waals surface area contributed by atoms with Gasteiger partial charge in [0.05, 0.1) is 24.6 Å². The average Bonchev–Trinajstić information content (AvgIpc) is 2.91. The third kappa shape index (κ3) is 7.78. The number of aliphatic hydroxyl groups is 1. The van der Waals surface area contributed by atoms with Crippen LogP contribution in [0, 0.1) is 5.92 Å². The minimum atomic E-state index is -1.26. The zero-order valence-corrected chi connectivity index (χ0v) is 21.0. The van der Waals surface area contributed by atoms with Crippen molar-refractivity contribution in [3.05, 3.63) is 65.7 Å². The van der Waals surface area contributed by atoms with Gasteiger partial charge in [0.25, 0.3) is 5.91 Å². The van der Waals surface area contributed by atoms with E-state index in [1.165, 1.54) is 0 Å². The van der Waals surface area contributed by atoms with Gasteiger partial charge in [0, 0.05) is 6.54 Å². The predicted octanol–water partition coefficient (Wildman–Crippen LogP) is 1.06. The fourth-order valence-electron chi connectivity index (χ4n) is 3.90. The minimum Gasteiger partial charge on any atom is -0.491 e. The third-order valence-electron chi connectivity index (χ3n) is 6.27. The topological polar surface area (TPSA) is 146 Å². The van der Waals surface area contributed by atoms with Gasteiger partial charge in [0.15, 0.2) is 0 Å². The van der Waals surface area contributed by atoms with Gasteiger partial charge in [-0.3, -0.25) is 19.2 Å². The van der Waals surface area contributed by atoms with Crippen molar-refractivity contribution in [2.45, 2.75) is 44.9 Å². The van der Waals surface area contributed by atoms with Crippen molar-refractivity contribution in [2.24, 2.45) is 5.92 Å². The summed E-state index contributed by atoms with van der Waals surface area (Å²) < 4.78 is 5.72. The second-order valence-corrected chi connectivity index (χ2v) is 8.97. The Morgan fingerprint density at radius 2 is 1.78 bits per heavy atom. The van der Waals surface area contributed by atoms with Gasteiger partial charge in [-0.1, -0.05) is 62.7 Å². The van der Waals surface area contributed by atoms with Gasteiger partial charge in [0.2, 0.25) is 17.7 Å². The number of benzene rings is 2. The summed E-state index contributed by atoms with van der Waals surface area (Å²) in [7, 11) is 0. The van der Waals surface area contributed by atoms with Crippen LogP contribution in [0.2, 0.25) is 0 Å². The number of amides is 4. The van der Waals surface area contributed by atoms with Gasteiger partial charge in [-0.2, -0.15) is 0 Å². The summed E-state index contributed by atoms with van der Waals surface area (Å²) in [6.07, 6.45) is -0.733. The Labute approximate surface area is 216 Å². The zero-order chi connectivity index (χ0) is 26.8. The molecular weight excluding hydrogens is 476 g/mol. The van der Waals surface area contributed by atoms with Gasteiger partial charge in [-0.25, -0.2) is 0 Å². The molecule has 10 nitrogen and oxygen atoms in total. The molecule has 0 aromatic heterocycles. The fourth-order valence-corrected chi connectivity index (χ4v) is 3.90. The maximum Gasteiger partial charge on any atom is 0.255 e. The van der Waals surface area contributed by atoms with E-state index < -0.39 is 42.3 Å². The molecule has 0 saturated heterocycles. The molecule has 4 atom stereocenters. The number of ether oxygens (including phenoxy) is 1. The largest absolute Gasteiger partial charge is 0.491 e. The zero-order valence-electron chi connectivity index (χ0n) is 21.0. The van der Waals surface area contributed by atoms with Gasteiger partial charge in [0.1, 0.15) is 24.4 Å². The van der Waals surface area contributed by atoms with Gasteiger partial charge in [-0.05, 0) is 23.6 Å². The molecule has 37 heavy (non-hydrogen) atoms. The summed E-state index contributed by atoms with van der Waals surface area (Å²) in [5, 5.41) is 21.1. The second kappa shape index (κ2) is 13.4. The molecule has 198 valence electrons. The van der Waals surface area contributed by atoms with Gasteiger partial charge in [-0.15, -0.1) is 0 Å².